The average molecular weight is 230 g/mol. The van der Waals surface area contributed by atoms with Gasteiger partial charge in [0.2, 0.25) is 0 Å². The maximum atomic E-state index is 4.74. The van der Waals surface area contributed by atoms with Crippen molar-refractivity contribution < 1.29 is 0 Å². The van der Waals surface area contributed by atoms with Gasteiger partial charge in [-0.15, -0.1) is 0 Å². The van der Waals surface area contributed by atoms with Crippen LogP contribution in [0.2, 0.25) is 0 Å². The summed E-state index contributed by atoms with van der Waals surface area (Å²) >= 11 is 0. The molecule has 1 aliphatic carbocycles. The van der Waals surface area contributed by atoms with Gasteiger partial charge in [0.25, 0.3) is 0 Å². The van der Waals surface area contributed by atoms with Crippen molar-refractivity contribution in [2.75, 3.05) is 13.1 Å². The van der Waals surface area contributed by atoms with Gasteiger partial charge >= 0.3 is 0 Å². The Bertz CT molecular complexity index is 404. The summed E-state index contributed by atoms with van der Waals surface area (Å²) < 4.78 is 0. The van der Waals surface area contributed by atoms with E-state index in [1.165, 1.54) is 55.7 Å². The van der Waals surface area contributed by atoms with Gasteiger partial charge in [-0.1, -0.05) is 6.92 Å². The van der Waals surface area contributed by atoms with E-state index in [0.717, 1.165) is 12.5 Å². The number of fused-ring (bicyclic) bond motifs is 1. The number of hydrogen-bond acceptors (Lipinski definition) is 2. The molecule has 3 rings (SSSR count). The SMILES string of the molecule is CCc1cc(C)nc2c1CC(N1CCC1)CC2. The molecule has 1 atom stereocenters. The predicted octanol–water partition coefficient (Wildman–Crippen LogP) is 2.52. The summed E-state index contributed by atoms with van der Waals surface area (Å²) in [5.74, 6) is 0. The lowest BCUT2D eigenvalue weighted by Gasteiger charge is -2.41. The molecule has 2 heterocycles. The van der Waals surface area contributed by atoms with E-state index in [4.69, 9.17) is 4.98 Å². The Morgan fingerprint density at radius 1 is 1.41 bits per heavy atom. The van der Waals surface area contributed by atoms with Gasteiger partial charge in [-0.3, -0.25) is 9.88 Å². The monoisotopic (exact) mass is 230 g/mol. The summed E-state index contributed by atoms with van der Waals surface area (Å²) in [4.78, 5) is 7.40. The first kappa shape index (κ1) is 11.2. The Hall–Kier alpha value is -0.890. The molecular weight excluding hydrogens is 208 g/mol. The summed E-state index contributed by atoms with van der Waals surface area (Å²) in [6.45, 7) is 7.03. The molecule has 2 nitrogen and oxygen atoms in total. The molecule has 0 saturated carbocycles. The zero-order chi connectivity index (χ0) is 11.8. The van der Waals surface area contributed by atoms with Crippen molar-refractivity contribution in [1.82, 2.24) is 9.88 Å². The molecule has 1 aromatic rings. The minimum Gasteiger partial charge on any atom is -0.300 e. The van der Waals surface area contributed by atoms with E-state index in [-0.39, 0.29) is 0 Å². The fourth-order valence-corrected chi connectivity index (χ4v) is 3.27. The second kappa shape index (κ2) is 4.41. The van der Waals surface area contributed by atoms with Gasteiger partial charge in [-0.2, -0.15) is 0 Å². The molecule has 1 aliphatic heterocycles. The van der Waals surface area contributed by atoms with Crippen LogP contribution in [0.1, 0.15) is 42.3 Å². The fourth-order valence-electron chi connectivity index (χ4n) is 3.27. The third-order valence-electron chi connectivity index (χ3n) is 4.37. The van der Waals surface area contributed by atoms with Gasteiger partial charge in [0.15, 0.2) is 0 Å². The molecule has 1 fully saturated rings. The lowest BCUT2D eigenvalue weighted by molar-refractivity contribution is 0.107. The third kappa shape index (κ3) is 1.99. The smallest absolute Gasteiger partial charge is 0.0442 e. The van der Waals surface area contributed by atoms with Crippen LogP contribution in [0.3, 0.4) is 0 Å². The average Bonchev–Trinajstić information content (AvgIpc) is 2.26. The van der Waals surface area contributed by atoms with E-state index in [1.807, 2.05) is 0 Å². The van der Waals surface area contributed by atoms with Gasteiger partial charge in [0, 0.05) is 17.4 Å². The van der Waals surface area contributed by atoms with Crippen LogP contribution in [0.5, 0.6) is 0 Å². The number of hydrogen-bond donors (Lipinski definition) is 0. The Morgan fingerprint density at radius 2 is 2.24 bits per heavy atom. The second-order valence-electron chi connectivity index (χ2n) is 5.49. The number of likely N-dealkylation sites (tertiary alicyclic amines) is 1. The quantitative estimate of drug-likeness (QED) is 0.776. The van der Waals surface area contributed by atoms with E-state index in [9.17, 15) is 0 Å². The highest BCUT2D eigenvalue weighted by Gasteiger charge is 2.29. The largest absolute Gasteiger partial charge is 0.300 e. The van der Waals surface area contributed by atoms with Crippen LogP contribution in [0.4, 0.5) is 0 Å². The topological polar surface area (TPSA) is 16.1 Å². The molecule has 1 aromatic heterocycles. The Kier molecular flexibility index (Phi) is 2.91. The number of pyridine rings is 1. The Morgan fingerprint density at radius 3 is 2.88 bits per heavy atom. The van der Waals surface area contributed by atoms with Crippen molar-refractivity contribution in [1.29, 1.82) is 0 Å². The standard InChI is InChI=1S/C15H22N2/c1-3-12-9-11(2)16-15-6-5-13(10-14(12)15)17-7-4-8-17/h9,13H,3-8,10H2,1-2H3. The minimum atomic E-state index is 0.797. The highest BCUT2D eigenvalue weighted by Crippen LogP contribution is 2.29. The summed E-state index contributed by atoms with van der Waals surface area (Å²) in [5, 5.41) is 0. The summed E-state index contributed by atoms with van der Waals surface area (Å²) in [5.41, 5.74) is 5.69. The molecule has 1 unspecified atom stereocenters. The second-order valence-corrected chi connectivity index (χ2v) is 5.49. The molecule has 1 saturated heterocycles. The Labute approximate surface area is 104 Å². The minimum absolute atomic E-state index is 0.797. The molecular formula is C15H22N2. The van der Waals surface area contributed by atoms with Crippen LogP contribution in [0.15, 0.2) is 6.07 Å². The van der Waals surface area contributed by atoms with Gasteiger partial charge in [-0.25, -0.2) is 0 Å². The highest BCUT2D eigenvalue weighted by atomic mass is 15.2. The van der Waals surface area contributed by atoms with Crippen molar-refractivity contribution >= 4 is 0 Å². The van der Waals surface area contributed by atoms with E-state index < -0.39 is 0 Å². The maximum Gasteiger partial charge on any atom is 0.0442 e. The lowest BCUT2D eigenvalue weighted by Crippen LogP contribution is -2.47. The van der Waals surface area contributed by atoms with Crippen molar-refractivity contribution in [3.05, 3.63) is 28.6 Å². The van der Waals surface area contributed by atoms with Gasteiger partial charge < -0.3 is 0 Å². The van der Waals surface area contributed by atoms with E-state index in [2.05, 4.69) is 24.8 Å². The molecule has 0 bridgehead atoms. The van der Waals surface area contributed by atoms with E-state index >= 15 is 0 Å². The van der Waals surface area contributed by atoms with Crippen LogP contribution in [0.25, 0.3) is 0 Å². The highest BCUT2D eigenvalue weighted by molar-refractivity contribution is 5.35. The molecule has 0 radical (unpaired) electrons. The van der Waals surface area contributed by atoms with Crippen molar-refractivity contribution in [2.24, 2.45) is 0 Å². The molecule has 2 aliphatic rings. The van der Waals surface area contributed by atoms with Crippen molar-refractivity contribution in [3.63, 3.8) is 0 Å². The molecule has 0 aromatic carbocycles. The summed E-state index contributed by atoms with van der Waals surface area (Å²) in [6, 6.07) is 3.09. The molecule has 0 N–H and O–H groups in total. The third-order valence-corrected chi connectivity index (χ3v) is 4.37. The summed E-state index contributed by atoms with van der Waals surface area (Å²) in [6.07, 6.45) is 6.29. The molecule has 0 amide bonds. The number of nitrogens with zero attached hydrogens (tertiary/aromatic N) is 2. The van der Waals surface area contributed by atoms with Crippen LogP contribution in [-0.2, 0) is 19.3 Å². The molecule has 17 heavy (non-hydrogen) atoms. The first-order valence-electron chi connectivity index (χ1n) is 7.00. The zero-order valence-electron chi connectivity index (χ0n) is 11.0. The molecule has 92 valence electrons. The van der Waals surface area contributed by atoms with Gasteiger partial charge in [0.05, 0.1) is 0 Å². The van der Waals surface area contributed by atoms with E-state index in [0.29, 0.717) is 0 Å². The van der Waals surface area contributed by atoms with Gasteiger partial charge in [0.1, 0.15) is 0 Å². The zero-order valence-corrected chi connectivity index (χ0v) is 11.0. The van der Waals surface area contributed by atoms with Crippen molar-refractivity contribution in [2.45, 2.75) is 52.0 Å². The first-order chi connectivity index (χ1) is 8.28. The van der Waals surface area contributed by atoms with E-state index in [1.54, 1.807) is 5.56 Å². The Balaban J connectivity index is 1.89. The van der Waals surface area contributed by atoms with Crippen LogP contribution in [-0.4, -0.2) is 29.0 Å². The number of aryl methyl sites for hydroxylation is 3. The fraction of sp³-hybridized carbons (Fsp3) is 0.667. The van der Waals surface area contributed by atoms with Crippen molar-refractivity contribution in [3.8, 4) is 0 Å². The lowest BCUT2D eigenvalue weighted by atomic mass is 9.86. The van der Waals surface area contributed by atoms with Crippen LogP contribution in [0, 0.1) is 6.92 Å². The molecule has 0 spiro atoms. The first-order valence-corrected chi connectivity index (χ1v) is 7.00. The maximum absolute atomic E-state index is 4.74. The van der Waals surface area contributed by atoms with Crippen LogP contribution < -0.4 is 0 Å². The number of rotatable bonds is 2. The van der Waals surface area contributed by atoms with Crippen LogP contribution >= 0.6 is 0 Å². The molecule has 2 heteroatoms. The van der Waals surface area contributed by atoms with Gasteiger partial charge in [-0.05, 0) is 69.3 Å². The normalized spacial score (nSPS) is 24.2. The summed E-state index contributed by atoms with van der Waals surface area (Å²) in [7, 11) is 0. The predicted molar refractivity (Wildman–Crippen MR) is 70.4 cm³/mol. The number of aromatic nitrogens is 1.